The van der Waals surface area contributed by atoms with E-state index in [2.05, 4.69) is 26.3 Å². The number of rotatable bonds is 8. The highest BCUT2D eigenvalue weighted by Crippen LogP contribution is 2.38. The molecule has 0 amide bonds. The Balaban J connectivity index is 1.06. The van der Waals surface area contributed by atoms with Crippen molar-refractivity contribution < 1.29 is 18.3 Å². The van der Waals surface area contributed by atoms with Gasteiger partial charge in [0.2, 0.25) is 0 Å². The number of halogens is 2. The molecule has 0 atom stereocenters. The van der Waals surface area contributed by atoms with E-state index in [0.717, 1.165) is 72.1 Å². The SMILES string of the molecule is Fc1cccc(COc2ccc(Nc3ncnc4ccc(-c5ccc(CN6CCCC7(COC7)C6)o5)cc34)cc2Cl)c1. The smallest absolute Gasteiger partial charge is 0.141 e. The summed E-state index contributed by atoms with van der Waals surface area (Å²) in [4.78, 5) is 11.4. The molecule has 3 aromatic carbocycles. The number of hydrogen-bond donors (Lipinski definition) is 1. The Hall–Kier alpha value is -3.98. The van der Waals surface area contributed by atoms with Gasteiger partial charge in [-0.25, -0.2) is 14.4 Å². The van der Waals surface area contributed by atoms with Crippen LogP contribution in [0.4, 0.5) is 15.9 Å². The molecule has 2 aliphatic heterocycles. The molecule has 2 saturated heterocycles. The molecular formula is C33H30ClFN4O3. The minimum Gasteiger partial charge on any atom is -0.487 e. The number of anilines is 2. The molecule has 1 spiro atoms. The Bertz CT molecular complexity index is 1740. The summed E-state index contributed by atoms with van der Waals surface area (Å²) < 4.78 is 31.1. The zero-order valence-electron chi connectivity index (χ0n) is 23.0. The van der Waals surface area contributed by atoms with Gasteiger partial charge in [0.05, 0.1) is 30.3 Å². The molecule has 42 heavy (non-hydrogen) atoms. The largest absolute Gasteiger partial charge is 0.487 e. The lowest BCUT2D eigenvalue weighted by atomic mass is 9.78. The molecule has 5 aromatic rings. The van der Waals surface area contributed by atoms with Gasteiger partial charge in [0.25, 0.3) is 0 Å². The zero-order valence-corrected chi connectivity index (χ0v) is 23.7. The second kappa shape index (κ2) is 11.4. The van der Waals surface area contributed by atoms with E-state index in [4.69, 9.17) is 25.5 Å². The van der Waals surface area contributed by atoms with E-state index < -0.39 is 0 Å². The lowest BCUT2D eigenvalue weighted by Crippen LogP contribution is -2.53. The first kappa shape index (κ1) is 26.9. The van der Waals surface area contributed by atoms with Crippen LogP contribution in [0.1, 0.15) is 24.2 Å². The van der Waals surface area contributed by atoms with Gasteiger partial charge in [0.1, 0.15) is 41.8 Å². The summed E-state index contributed by atoms with van der Waals surface area (Å²) in [5, 5.41) is 4.66. The molecule has 2 fully saturated rings. The van der Waals surface area contributed by atoms with Crippen LogP contribution < -0.4 is 10.1 Å². The Labute approximate surface area is 248 Å². The van der Waals surface area contributed by atoms with E-state index in [-0.39, 0.29) is 12.4 Å². The molecule has 2 aromatic heterocycles. The molecule has 0 bridgehead atoms. The van der Waals surface area contributed by atoms with Crippen molar-refractivity contribution in [2.75, 3.05) is 31.6 Å². The van der Waals surface area contributed by atoms with Crippen LogP contribution in [-0.4, -0.2) is 41.2 Å². The van der Waals surface area contributed by atoms with E-state index >= 15 is 0 Å². The Morgan fingerprint density at radius 2 is 1.95 bits per heavy atom. The van der Waals surface area contributed by atoms with Crippen molar-refractivity contribution >= 4 is 34.0 Å². The van der Waals surface area contributed by atoms with Crippen LogP contribution in [-0.2, 0) is 17.9 Å². The molecule has 0 aliphatic carbocycles. The lowest BCUT2D eigenvalue weighted by Gasteiger charge is -2.48. The van der Waals surface area contributed by atoms with E-state index in [0.29, 0.717) is 22.0 Å². The third-order valence-electron chi connectivity index (χ3n) is 8.00. The highest BCUT2D eigenvalue weighted by Gasteiger charge is 2.42. The highest BCUT2D eigenvalue weighted by molar-refractivity contribution is 6.32. The maximum Gasteiger partial charge on any atom is 0.141 e. The van der Waals surface area contributed by atoms with Gasteiger partial charge in [-0.15, -0.1) is 0 Å². The van der Waals surface area contributed by atoms with Crippen LogP contribution >= 0.6 is 11.6 Å². The fourth-order valence-electron chi connectivity index (χ4n) is 5.84. The standard InChI is InChI=1S/C33H30ClFN4O3/c34-28-15-25(6-9-31(28)41-17-22-3-1-4-24(35)13-22)38-32-27-14-23(5-8-29(27)36-21-37-32)30-10-7-26(42-30)16-39-12-2-11-33(18-39)19-40-20-33/h1,3-10,13-15,21H,2,11-12,16-20H2,(H,36,37,38). The fraction of sp³-hybridized carbons (Fsp3) is 0.273. The average molecular weight is 585 g/mol. The van der Waals surface area contributed by atoms with Crippen molar-refractivity contribution in [3.8, 4) is 17.1 Å². The van der Waals surface area contributed by atoms with Crippen LogP contribution in [0, 0.1) is 11.2 Å². The third kappa shape index (κ3) is 5.70. The second-order valence-corrected chi connectivity index (χ2v) is 11.6. The number of nitrogens with zero attached hydrogens (tertiary/aromatic N) is 3. The van der Waals surface area contributed by atoms with Crippen LogP contribution in [0.3, 0.4) is 0 Å². The number of benzene rings is 3. The summed E-state index contributed by atoms with van der Waals surface area (Å²) >= 11 is 6.52. The van der Waals surface area contributed by atoms with E-state index in [1.54, 1.807) is 24.3 Å². The number of furan rings is 1. The average Bonchev–Trinajstić information content (AvgIpc) is 3.44. The third-order valence-corrected chi connectivity index (χ3v) is 8.29. The van der Waals surface area contributed by atoms with E-state index in [1.165, 1.54) is 31.3 Å². The minimum absolute atomic E-state index is 0.214. The Kier molecular flexibility index (Phi) is 7.27. The van der Waals surface area contributed by atoms with Crippen molar-refractivity contribution in [2.24, 2.45) is 5.41 Å². The number of hydrogen-bond acceptors (Lipinski definition) is 7. The van der Waals surface area contributed by atoms with Gasteiger partial charge in [-0.2, -0.15) is 0 Å². The summed E-state index contributed by atoms with van der Waals surface area (Å²) in [5.41, 5.74) is 3.58. The van der Waals surface area contributed by atoms with Gasteiger partial charge in [0.15, 0.2) is 0 Å². The first-order valence-electron chi connectivity index (χ1n) is 14.1. The number of aromatic nitrogens is 2. The summed E-state index contributed by atoms with van der Waals surface area (Å²) in [6.45, 7) is 4.92. The molecule has 4 heterocycles. The maximum absolute atomic E-state index is 13.5. The minimum atomic E-state index is -0.301. The lowest BCUT2D eigenvalue weighted by molar-refractivity contribution is -0.145. The normalized spacial score (nSPS) is 16.4. The second-order valence-electron chi connectivity index (χ2n) is 11.2. The van der Waals surface area contributed by atoms with Gasteiger partial charge in [0, 0.05) is 28.6 Å². The molecule has 0 radical (unpaired) electrons. The molecule has 0 unspecified atom stereocenters. The monoisotopic (exact) mass is 584 g/mol. The molecule has 0 saturated carbocycles. The number of nitrogens with one attached hydrogen (secondary N) is 1. The Morgan fingerprint density at radius 1 is 1.02 bits per heavy atom. The molecule has 2 aliphatic rings. The van der Waals surface area contributed by atoms with Crippen LogP contribution in [0.2, 0.25) is 5.02 Å². The van der Waals surface area contributed by atoms with Crippen molar-refractivity contribution in [3.05, 3.63) is 101 Å². The summed E-state index contributed by atoms with van der Waals surface area (Å²) in [6.07, 6.45) is 3.99. The number of fused-ring (bicyclic) bond motifs is 1. The van der Waals surface area contributed by atoms with Crippen molar-refractivity contribution in [2.45, 2.75) is 26.0 Å². The predicted molar refractivity (Wildman–Crippen MR) is 160 cm³/mol. The fourth-order valence-corrected chi connectivity index (χ4v) is 6.07. The van der Waals surface area contributed by atoms with Crippen LogP contribution in [0.5, 0.6) is 5.75 Å². The molecule has 7 rings (SSSR count). The summed E-state index contributed by atoms with van der Waals surface area (Å²) in [6, 6.07) is 21.9. The van der Waals surface area contributed by atoms with Crippen LogP contribution in [0.25, 0.3) is 22.2 Å². The molecule has 9 heteroatoms. The molecule has 1 N–H and O–H groups in total. The summed E-state index contributed by atoms with van der Waals surface area (Å²) in [7, 11) is 0. The van der Waals surface area contributed by atoms with Crippen molar-refractivity contribution in [3.63, 3.8) is 0 Å². The maximum atomic E-state index is 13.5. The van der Waals surface area contributed by atoms with Crippen molar-refractivity contribution in [1.82, 2.24) is 14.9 Å². The van der Waals surface area contributed by atoms with E-state index in [9.17, 15) is 4.39 Å². The molecule has 7 nitrogen and oxygen atoms in total. The highest BCUT2D eigenvalue weighted by atomic mass is 35.5. The zero-order chi connectivity index (χ0) is 28.5. The van der Waals surface area contributed by atoms with Gasteiger partial charge >= 0.3 is 0 Å². The summed E-state index contributed by atoms with van der Waals surface area (Å²) in [5.74, 6) is 2.63. The van der Waals surface area contributed by atoms with Crippen LogP contribution in [0.15, 0.2) is 83.5 Å². The quantitative estimate of drug-likeness (QED) is 0.201. The predicted octanol–water partition coefficient (Wildman–Crippen LogP) is 7.62. The number of piperidine rings is 1. The molecule has 214 valence electrons. The topological polar surface area (TPSA) is 72.7 Å². The number of likely N-dealkylation sites (tertiary alicyclic amines) is 1. The van der Waals surface area contributed by atoms with Gasteiger partial charge in [-0.3, -0.25) is 4.90 Å². The van der Waals surface area contributed by atoms with Gasteiger partial charge in [-0.05, 0) is 85.6 Å². The first-order chi connectivity index (χ1) is 20.5. The van der Waals surface area contributed by atoms with Crippen molar-refractivity contribution in [1.29, 1.82) is 0 Å². The van der Waals surface area contributed by atoms with Gasteiger partial charge < -0.3 is 19.2 Å². The Morgan fingerprint density at radius 3 is 2.79 bits per heavy atom. The number of ether oxygens (including phenoxy) is 2. The van der Waals surface area contributed by atoms with E-state index in [1.807, 2.05) is 30.3 Å². The van der Waals surface area contributed by atoms with Gasteiger partial charge in [-0.1, -0.05) is 23.7 Å². The molecular weight excluding hydrogens is 555 g/mol. The first-order valence-corrected chi connectivity index (χ1v) is 14.5.